The number of carbonyl (C=O) groups excluding carboxylic acids is 1. The lowest BCUT2D eigenvalue weighted by molar-refractivity contribution is -0.893. The van der Waals surface area contributed by atoms with Crippen molar-refractivity contribution in [1.29, 1.82) is 0 Å². The summed E-state index contributed by atoms with van der Waals surface area (Å²) >= 11 is 3.06. The van der Waals surface area contributed by atoms with Crippen LogP contribution in [0.15, 0.2) is 28.6 Å². The van der Waals surface area contributed by atoms with Gasteiger partial charge in [0.25, 0.3) is 0 Å². The molecule has 7 nitrogen and oxygen atoms in total. The van der Waals surface area contributed by atoms with Crippen molar-refractivity contribution < 1.29 is 14.4 Å². The molecule has 0 fully saturated rings. The molecule has 0 aliphatic rings. The number of amides is 2. The number of carbonyl (C=O) groups is 1. The molecule has 2 rings (SSSR count). The minimum atomic E-state index is -0.342. The Morgan fingerprint density at radius 2 is 1.92 bits per heavy atom. The van der Waals surface area contributed by atoms with Crippen molar-refractivity contribution in [3.05, 3.63) is 24.3 Å². The number of nitrogens with zero attached hydrogens (tertiary/aromatic N) is 2. The van der Waals surface area contributed by atoms with Gasteiger partial charge in [0.15, 0.2) is 4.34 Å². The Morgan fingerprint density at radius 3 is 2.56 bits per heavy atom. The average Bonchev–Trinajstić information content (AvgIpc) is 3.06. The van der Waals surface area contributed by atoms with Crippen molar-refractivity contribution in [2.45, 2.75) is 18.2 Å². The monoisotopic (exact) mass is 382 g/mol. The highest BCUT2D eigenvalue weighted by atomic mass is 32.2. The van der Waals surface area contributed by atoms with Gasteiger partial charge in [0.2, 0.25) is 5.13 Å². The summed E-state index contributed by atoms with van der Waals surface area (Å²) in [6.45, 7) is 7.74. The standard InChI is InChI=1S/C16H23N5O2S2/c1-4-21(5-2)10-11-24-16-20-19-15(25-16)18-14(22)17-12-6-8-13(23-3)9-7-12/h6-9H,4-5,10-11H2,1-3H3,(H2,17,18,19,22)/p+1. The van der Waals surface area contributed by atoms with E-state index < -0.39 is 0 Å². The minimum absolute atomic E-state index is 0.342. The third-order valence-electron chi connectivity index (χ3n) is 3.66. The van der Waals surface area contributed by atoms with E-state index in [2.05, 4.69) is 34.7 Å². The van der Waals surface area contributed by atoms with Gasteiger partial charge in [0, 0.05) is 11.4 Å². The van der Waals surface area contributed by atoms with Gasteiger partial charge in [-0.05, 0) is 38.1 Å². The number of quaternary nitrogens is 1. The fourth-order valence-electron chi connectivity index (χ4n) is 2.14. The summed E-state index contributed by atoms with van der Waals surface area (Å²) in [4.78, 5) is 13.6. The molecule has 0 unspecified atom stereocenters. The first-order valence-electron chi connectivity index (χ1n) is 8.16. The lowest BCUT2D eigenvalue weighted by Crippen LogP contribution is -3.11. The van der Waals surface area contributed by atoms with Gasteiger partial charge >= 0.3 is 6.03 Å². The van der Waals surface area contributed by atoms with E-state index in [1.165, 1.54) is 11.3 Å². The first kappa shape index (κ1) is 19.5. The molecular formula is C16H24N5O2S2+. The van der Waals surface area contributed by atoms with Crippen LogP contribution in [0.1, 0.15) is 13.8 Å². The number of hydrogen-bond acceptors (Lipinski definition) is 6. The largest absolute Gasteiger partial charge is 0.497 e. The summed E-state index contributed by atoms with van der Waals surface area (Å²) in [5, 5.41) is 14.1. The third-order valence-corrected chi connectivity index (χ3v) is 5.63. The van der Waals surface area contributed by atoms with Crippen molar-refractivity contribution in [3.8, 4) is 5.75 Å². The van der Waals surface area contributed by atoms with Crippen LogP contribution in [0.4, 0.5) is 15.6 Å². The molecule has 25 heavy (non-hydrogen) atoms. The number of aromatic nitrogens is 2. The smallest absolute Gasteiger partial charge is 0.325 e. The second kappa shape index (κ2) is 10.2. The molecule has 1 heterocycles. The van der Waals surface area contributed by atoms with E-state index in [4.69, 9.17) is 4.74 Å². The normalized spacial score (nSPS) is 10.7. The molecule has 0 saturated carbocycles. The van der Waals surface area contributed by atoms with Crippen LogP contribution in [0, 0.1) is 0 Å². The predicted octanol–water partition coefficient (Wildman–Crippen LogP) is 2.21. The summed E-state index contributed by atoms with van der Waals surface area (Å²) in [5.74, 6) is 1.73. The Labute approximate surface area is 156 Å². The molecule has 0 atom stereocenters. The van der Waals surface area contributed by atoms with Gasteiger partial charge in [-0.1, -0.05) is 23.1 Å². The molecule has 2 amide bonds. The number of methoxy groups -OCH3 is 1. The topological polar surface area (TPSA) is 80.6 Å². The summed E-state index contributed by atoms with van der Waals surface area (Å²) in [5.41, 5.74) is 0.680. The van der Waals surface area contributed by atoms with E-state index >= 15 is 0 Å². The average molecular weight is 383 g/mol. The minimum Gasteiger partial charge on any atom is -0.497 e. The number of nitrogens with one attached hydrogen (secondary N) is 3. The van der Waals surface area contributed by atoms with Gasteiger partial charge in [-0.2, -0.15) is 0 Å². The van der Waals surface area contributed by atoms with Crippen LogP contribution in [-0.4, -0.2) is 48.7 Å². The maximum absolute atomic E-state index is 12.0. The number of anilines is 2. The van der Waals surface area contributed by atoms with Crippen molar-refractivity contribution in [2.24, 2.45) is 0 Å². The summed E-state index contributed by atoms with van der Waals surface area (Å²) < 4.78 is 5.95. The highest BCUT2D eigenvalue weighted by Gasteiger charge is 2.10. The third kappa shape index (κ3) is 6.52. The zero-order valence-corrected chi connectivity index (χ0v) is 16.3. The van der Waals surface area contributed by atoms with Crippen LogP contribution in [0.25, 0.3) is 0 Å². The van der Waals surface area contributed by atoms with Crippen LogP contribution in [-0.2, 0) is 0 Å². The zero-order chi connectivity index (χ0) is 18.1. The van der Waals surface area contributed by atoms with E-state index in [1.807, 2.05) is 0 Å². The Bertz CT molecular complexity index is 659. The maximum Gasteiger partial charge on any atom is 0.325 e. The number of thioether (sulfide) groups is 1. The summed E-state index contributed by atoms with van der Waals surface area (Å²) in [6.07, 6.45) is 0. The Balaban J connectivity index is 1.78. The molecule has 1 aromatic carbocycles. The molecule has 1 aromatic heterocycles. The molecule has 3 N–H and O–H groups in total. The highest BCUT2D eigenvalue weighted by molar-refractivity contribution is 8.01. The molecule has 0 radical (unpaired) electrons. The Hall–Kier alpha value is -1.84. The molecule has 0 aliphatic heterocycles. The van der Waals surface area contributed by atoms with E-state index in [1.54, 1.807) is 48.0 Å². The van der Waals surface area contributed by atoms with Crippen molar-refractivity contribution >= 4 is 39.9 Å². The number of ether oxygens (including phenoxy) is 1. The van der Waals surface area contributed by atoms with Crippen molar-refractivity contribution in [2.75, 3.05) is 43.1 Å². The molecule has 0 saturated heterocycles. The van der Waals surface area contributed by atoms with Gasteiger partial charge in [-0.3, -0.25) is 5.32 Å². The van der Waals surface area contributed by atoms with E-state index in [0.29, 0.717) is 10.8 Å². The van der Waals surface area contributed by atoms with Crippen LogP contribution in [0.3, 0.4) is 0 Å². The molecule has 9 heteroatoms. The maximum atomic E-state index is 12.0. The zero-order valence-electron chi connectivity index (χ0n) is 14.7. The number of rotatable bonds is 9. The first-order valence-corrected chi connectivity index (χ1v) is 9.96. The number of benzene rings is 1. The van der Waals surface area contributed by atoms with Gasteiger partial charge in [-0.15, -0.1) is 10.2 Å². The number of urea groups is 1. The van der Waals surface area contributed by atoms with Gasteiger partial charge in [0.1, 0.15) is 5.75 Å². The molecule has 0 aliphatic carbocycles. The SMILES string of the molecule is CC[NH+](CC)CCSc1nnc(NC(=O)Nc2ccc(OC)cc2)s1. The molecule has 136 valence electrons. The summed E-state index contributed by atoms with van der Waals surface area (Å²) in [6, 6.07) is 6.77. The fraction of sp³-hybridized carbons (Fsp3) is 0.438. The second-order valence-electron chi connectivity index (χ2n) is 5.24. The predicted molar refractivity (Wildman–Crippen MR) is 103 cm³/mol. The van der Waals surface area contributed by atoms with Crippen LogP contribution in [0.2, 0.25) is 0 Å². The highest BCUT2D eigenvalue weighted by Crippen LogP contribution is 2.25. The van der Waals surface area contributed by atoms with Crippen LogP contribution < -0.4 is 20.3 Å². The van der Waals surface area contributed by atoms with Crippen molar-refractivity contribution in [3.63, 3.8) is 0 Å². The quantitative estimate of drug-likeness (QED) is 0.458. The first-order chi connectivity index (χ1) is 12.1. The molecule has 0 bridgehead atoms. The van der Waals surface area contributed by atoms with Gasteiger partial charge in [0.05, 0.1) is 26.7 Å². The Morgan fingerprint density at radius 1 is 1.20 bits per heavy atom. The van der Waals surface area contributed by atoms with Crippen LogP contribution in [0.5, 0.6) is 5.75 Å². The molecule has 0 spiro atoms. The Kier molecular flexibility index (Phi) is 7.96. The molecular weight excluding hydrogens is 358 g/mol. The second-order valence-corrected chi connectivity index (χ2v) is 7.56. The van der Waals surface area contributed by atoms with E-state index in [-0.39, 0.29) is 6.03 Å². The van der Waals surface area contributed by atoms with E-state index in [9.17, 15) is 4.79 Å². The number of hydrogen-bond donors (Lipinski definition) is 3. The van der Waals surface area contributed by atoms with Gasteiger partial charge < -0.3 is 15.0 Å². The van der Waals surface area contributed by atoms with Gasteiger partial charge in [-0.25, -0.2) is 4.79 Å². The van der Waals surface area contributed by atoms with E-state index in [0.717, 1.165) is 35.5 Å². The molecule has 2 aromatic rings. The van der Waals surface area contributed by atoms with Crippen LogP contribution >= 0.6 is 23.1 Å². The fourth-order valence-corrected chi connectivity index (χ4v) is 4.00. The van der Waals surface area contributed by atoms with Crippen molar-refractivity contribution in [1.82, 2.24) is 10.2 Å². The summed E-state index contributed by atoms with van der Waals surface area (Å²) in [7, 11) is 1.60. The lowest BCUT2D eigenvalue weighted by Gasteiger charge is -2.13. The lowest BCUT2D eigenvalue weighted by atomic mass is 10.3.